The summed E-state index contributed by atoms with van der Waals surface area (Å²) in [6.45, 7) is 4.16. The van der Waals surface area contributed by atoms with Crippen LogP contribution >= 0.6 is 24.0 Å². The lowest BCUT2D eigenvalue weighted by Crippen LogP contribution is -2.42. The van der Waals surface area contributed by atoms with E-state index in [1.165, 1.54) is 18.5 Å². The molecular weight excluding hydrogens is 493 g/mol. The number of halogens is 1. The Labute approximate surface area is 198 Å². The molecule has 1 saturated carbocycles. The lowest BCUT2D eigenvalue weighted by Gasteiger charge is -2.24. The summed E-state index contributed by atoms with van der Waals surface area (Å²) in [4.78, 5) is 22.3. The van der Waals surface area contributed by atoms with Gasteiger partial charge in [0.05, 0.1) is 6.61 Å². The zero-order valence-electron chi connectivity index (χ0n) is 18.8. The van der Waals surface area contributed by atoms with Crippen LogP contribution in [0.2, 0.25) is 0 Å². The number of benzene rings is 1. The largest absolute Gasteiger partial charge is 0.379 e. The summed E-state index contributed by atoms with van der Waals surface area (Å²) in [5.41, 5.74) is 1.21. The number of guanidine groups is 1. The van der Waals surface area contributed by atoms with Crippen LogP contribution in [0.4, 0.5) is 5.69 Å². The molecule has 30 heavy (non-hydrogen) atoms. The van der Waals surface area contributed by atoms with Gasteiger partial charge >= 0.3 is 0 Å². The minimum absolute atomic E-state index is 0. The number of hydrogen-bond donors (Lipinski definition) is 1. The molecule has 1 fully saturated rings. The van der Waals surface area contributed by atoms with E-state index in [0.29, 0.717) is 6.61 Å². The van der Waals surface area contributed by atoms with Gasteiger partial charge in [0.2, 0.25) is 5.91 Å². The Kier molecular flexibility index (Phi) is 12.8. The summed E-state index contributed by atoms with van der Waals surface area (Å²) in [5.74, 6) is 1.51. The maximum atomic E-state index is 11.9. The van der Waals surface area contributed by atoms with Crippen molar-refractivity contribution in [2.75, 3.05) is 72.5 Å². The van der Waals surface area contributed by atoms with Gasteiger partial charge in [-0.2, -0.15) is 0 Å². The smallest absolute Gasteiger partial charge is 0.243 e. The van der Waals surface area contributed by atoms with Gasteiger partial charge in [-0.1, -0.05) is 18.2 Å². The molecule has 1 aliphatic rings. The van der Waals surface area contributed by atoms with Crippen LogP contribution in [0.15, 0.2) is 35.3 Å². The summed E-state index contributed by atoms with van der Waals surface area (Å²) < 4.78 is 5.74. The van der Waals surface area contributed by atoms with E-state index in [9.17, 15) is 4.79 Å². The molecular formula is C22H38IN5O2. The molecule has 1 N–H and O–H groups in total. The SMILES string of the molecule is CN(C)C(=O)CN=C(NCCCN(C)c1ccccc1)N(C)CCOCC1CC1.I. The highest BCUT2D eigenvalue weighted by atomic mass is 127. The van der Waals surface area contributed by atoms with Crippen molar-refractivity contribution in [3.8, 4) is 0 Å². The number of hydrogen-bond acceptors (Lipinski definition) is 4. The predicted molar refractivity (Wildman–Crippen MR) is 135 cm³/mol. The van der Waals surface area contributed by atoms with Crippen LogP contribution < -0.4 is 10.2 Å². The third kappa shape index (κ3) is 10.5. The van der Waals surface area contributed by atoms with Crippen molar-refractivity contribution in [3.05, 3.63) is 30.3 Å². The highest BCUT2D eigenvalue weighted by Gasteiger charge is 2.21. The molecule has 1 aromatic rings. The van der Waals surface area contributed by atoms with Crippen molar-refractivity contribution >= 4 is 41.5 Å². The summed E-state index contributed by atoms with van der Waals surface area (Å²) in [7, 11) is 7.59. The van der Waals surface area contributed by atoms with Gasteiger partial charge in [-0.15, -0.1) is 24.0 Å². The van der Waals surface area contributed by atoms with Crippen LogP contribution in [0.25, 0.3) is 0 Å². The number of carbonyl (C=O) groups excluding carboxylic acids is 1. The Balaban J connectivity index is 0.00000450. The number of anilines is 1. The van der Waals surface area contributed by atoms with Gasteiger partial charge in [0.1, 0.15) is 6.54 Å². The summed E-state index contributed by atoms with van der Waals surface area (Å²) >= 11 is 0. The van der Waals surface area contributed by atoms with E-state index in [1.54, 1.807) is 19.0 Å². The van der Waals surface area contributed by atoms with E-state index < -0.39 is 0 Å². The summed E-state index contributed by atoms with van der Waals surface area (Å²) in [6.07, 6.45) is 3.57. The van der Waals surface area contributed by atoms with Crippen LogP contribution in [-0.2, 0) is 9.53 Å². The number of carbonyl (C=O) groups is 1. The van der Waals surface area contributed by atoms with Gasteiger partial charge in [-0.3, -0.25) is 4.79 Å². The number of aliphatic imine (C=N–C) groups is 1. The standard InChI is InChI=1S/C22H37N5O2.HI/c1-25(2)21(28)17-24-22(27(4)15-16-29-18-19-11-12-19)23-13-8-14-26(3)20-9-6-5-7-10-20;/h5-7,9-10,19H,8,11-18H2,1-4H3,(H,23,24);1H. The number of rotatable bonds is 12. The molecule has 0 unspecified atom stereocenters. The average molecular weight is 531 g/mol. The molecule has 2 rings (SSSR count). The van der Waals surface area contributed by atoms with E-state index >= 15 is 0 Å². The Morgan fingerprint density at radius 3 is 2.47 bits per heavy atom. The summed E-state index contributed by atoms with van der Waals surface area (Å²) in [6, 6.07) is 10.4. The fourth-order valence-corrected chi connectivity index (χ4v) is 2.77. The Morgan fingerprint density at radius 2 is 1.83 bits per heavy atom. The molecule has 0 saturated heterocycles. The molecule has 1 aliphatic carbocycles. The van der Waals surface area contributed by atoms with Crippen LogP contribution in [0.3, 0.4) is 0 Å². The van der Waals surface area contributed by atoms with E-state index in [4.69, 9.17) is 4.74 Å². The maximum Gasteiger partial charge on any atom is 0.243 e. The van der Waals surface area contributed by atoms with Gasteiger partial charge in [-0.05, 0) is 37.3 Å². The molecule has 0 spiro atoms. The average Bonchev–Trinajstić information content (AvgIpc) is 3.55. The van der Waals surface area contributed by atoms with Crippen molar-refractivity contribution < 1.29 is 9.53 Å². The normalized spacial score (nSPS) is 13.4. The topological polar surface area (TPSA) is 60.4 Å². The molecule has 0 radical (unpaired) electrons. The highest BCUT2D eigenvalue weighted by Crippen LogP contribution is 2.28. The second kappa shape index (κ2) is 14.5. The minimum atomic E-state index is -0.00788. The Bertz CT molecular complexity index is 638. The number of likely N-dealkylation sites (N-methyl/N-ethyl adjacent to an activating group) is 2. The highest BCUT2D eigenvalue weighted by molar-refractivity contribution is 14.0. The van der Waals surface area contributed by atoms with Gasteiger partial charge in [0.25, 0.3) is 0 Å². The Hall–Kier alpha value is -1.55. The molecule has 8 heteroatoms. The van der Waals surface area contributed by atoms with Crippen LogP contribution in [-0.4, -0.2) is 89.3 Å². The maximum absolute atomic E-state index is 11.9. The third-order valence-corrected chi connectivity index (χ3v) is 5.00. The molecule has 0 bridgehead atoms. The fraction of sp³-hybridized carbons (Fsp3) is 0.636. The van der Waals surface area contributed by atoms with E-state index in [-0.39, 0.29) is 36.4 Å². The van der Waals surface area contributed by atoms with Crippen LogP contribution in [0.5, 0.6) is 0 Å². The molecule has 7 nitrogen and oxygen atoms in total. The lowest BCUT2D eigenvalue weighted by atomic mass is 10.3. The molecule has 1 aromatic carbocycles. The van der Waals surface area contributed by atoms with E-state index in [0.717, 1.165) is 44.5 Å². The van der Waals surface area contributed by atoms with E-state index in [1.807, 2.05) is 18.0 Å². The number of amides is 1. The first-order chi connectivity index (χ1) is 14.0. The number of nitrogens with one attached hydrogen (secondary N) is 1. The zero-order chi connectivity index (χ0) is 21.1. The number of nitrogens with zero attached hydrogens (tertiary/aromatic N) is 4. The second-order valence-electron chi connectivity index (χ2n) is 7.91. The van der Waals surface area contributed by atoms with Crippen molar-refractivity contribution in [2.24, 2.45) is 10.9 Å². The first kappa shape index (κ1) is 26.5. The minimum Gasteiger partial charge on any atom is -0.379 e. The summed E-state index contributed by atoms with van der Waals surface area (Å²) in [5, 5.41) is 3.41. The first-order valence-electron chi connectivity index (χ1n) is 10.5. The fourth-order valence-electron chi connectivity index (χ4n) is 2.77. The molecule has 0 atom stereocenters. The monoisotopic (exact) mass is 531 g/mol. The molecule has 0 heterocycles. The predicted octanol–water partition coefficient (Wildman–Crippen LogP) is 2.52. The van der Waals surface area contributed by atoms with Crippen LogP contribution in [0, 0.1) is 5.92 Å². The second-order valence-corrected chi connectivity index (χ2v) is 7.91. The first-order valence-corrected chi connectivity index (χ1v) is 10.5. The van der Waals surface area contributed by atoms with Crippen molar-refractivity contribution in [3.63, 3.8) is 0 Å². The molecule has 1 amide bonds. The van der Waals surface area contributed by atoms with Crippen molar-refractivity contribution in [2.45, 2.75) is 19.3 Å². The third-order valence-electron chi connectivity index (χ3n) is 5.00. The van der Waals surface area contributed by atoms with Crippen molar-refractivity contribution in [1.29, 1.82) is 0 Å². The quantitative estimate of drug-likeness (QED) is 0.195. The molecule has 170 valence electrons. The number of para-hydroxylation sites is 1. The number of ether oxygens (including phenoxy) is 1. The van der Waals surface area contributed by atoms with E-state index in [2.05, 4.69) is 46.5 Å². The van der Waals surface area contributed by atoms with Gasteiger partial charge in [0.15, 0.2) is 5.96 Å². The van der Waals surface area contributed by atoms with Gasteiger partial charge < -0.3 is 24.8 Å². The molecule has 0 aliphatic heterocycles. The Morgan fingerprint density at radius 1 is 1.13 bits per heavy atom. The molecule has 0 aromatic heterocycles. The lowest BCUT2D eigenvalue weighted by molar-refractivity contribution is -0.127. The van der Waals surface area contributed by atoms with Crippen molar-refractivity contribution in [1.82, 2.24) is 15.1 Å². The van der Waals surface area contributed by atoms with Gasteiger partial charge in [0, 0.05) is 60.1 Å². The van der Waals surface area contributed by atoms with Crippen LogP contribution in [0.1, 0.15) is 19.3 Å². The zero-order valence-corrected chi connectivity index (χ0v) is 21.2. The van der Waals surface area contributed by atoms with Gasteiger partial charge in [-0.25, -0.2) is 4.99 Å².